The molecule has 0 aliphatic carbocycles. The van der Waals surface area contributed by atoms with E-state index in [1.807, 2.05) is 78.9 Å². The maximum absolute atomic E-state index is 11.9. The maximum atomic E-state index is 11.9. The molecule has 0 heterocycles. The van der Waals surface area contributed by atoms with Crippen molar-refractivity contribution in [3.8, 4) is 11.5 Å². The van der Waals surface area contributed by atoms with Gasteiger partial charge in [0.15, 0.2) is 0 Å². The summed E-state index contributed by atoms with van der Waals surface area (Å²) in [5.41, 5.74) is 5.30. The highest BCUT2D eigenvalue weighted by atomic mass is 16.5. The number of carbonyl (C=O) groups is 1. The highest BCUT2D eigenvalue weighted by molar-refractivity contribution is 5.84. The monoisotopic (exact) mass is 389 g/mol. The van der Waals surface area contributed by atoms with Gasteiger partial charge in [-0.25, -0.2) is 5.43 Å². The molecule has 0 saturated heterocycles. The molecule has 2 N–H and O–H groups in total. The summed E-state index contributed by atoms with van der Waals surface area (Å²) in [6.45, 7) is 0.640. The quantitative estimate of drug-likeness (QED) is 0.431. The van der Waals surface area contributed by atoms with Crippen molar-refractivity contribution in [1.29, 1.82) is 0 Å². The van der Waals surface area contributed by atoms with Gasteiger partial charge in [0.05, 0.1) is 19.9 Å². The summed E-state index contributed by atoms with van der Waals surface area (Å²) in [7, 11) is 1.61. The standard InChI is InChI=1S/C23H23N3O3/c1-28-21-13-9-20(10-14-21)24-16-23(27)26-25-15-18-7-11-22(12-8-18)29-17-19-5-3-2-4-6-19/h2-15,24H,16-17H2,1H3,(H,26,27). The van der Waals surface area contributed by atoms with Crippen molar-refractivity contribution in [2.24, 2.45) is 5.10 Å². The smallest absolute Gasteiger partial charge is 0.259 e. The zero-order chi connectivity index (χ0) is 20.3. The molecule has 0 saturated carbocycles. The summed E-state index contributed by atoms with van der Waals surface area (Å²) in [5.74, 6) is 1.31. The second-order valence-corrected chi connectivity index (χ2v) is 6.22. The molecule has 0 spiro atoms. The molecule has 6 nitrogen and oxygen atoms in total. The van der Waals surface area contributed by atoms with Crippen LogP contribution in [0, 0.1) is 0 Å². The van der Waals surface area contributed by atoms with E-state index in [0.717, 1.165) is 28.3 Å². The van der Waals surface area contributed by atoms with Crippen molar-refractivity contribution in [2.75, 3.05) is 19.0 Å². The van der Waals surface area contributed by atoms with Gasteiger partial charge in [-0.15, -0.1) is 0 Å². The maximum Gasteiger partial charge on any atom is 0.259 e. The van der Waals surface area contributed by atoms with Crippen LogP contribution in [0.3, 0.4) is 0 Å². The fourth-order valence-electron chi connectivity index (χ4n) is 2.50. The molecule has 0 atom stereocenters. The second kappa shape index (κ2) is 10.5. The molecule has 1 amide bonds. The Morgan fingerprint density at radius 1 is 0.931 bits per heavy atom. The topological polar surface area (TPSA) is 72.0 Å². The molecule has 3 rings (SSSR count). The number of benzene rings is 3. The van der Waals surface area contributed by atoms with E-state index in [1.165, 1.54) is 0 Å². The number of amides is 1. The van der Waals surface area contributed by atoms with Crippen molar-refractivity contribution in [1.82, 2.24) is 5.43 Å². The molecular formula is C23H23N3O3. The summed E-state index contributed by atoms with van der Waals surface area (Å²) < 4.78 is 10.8. The molecule has 29 heavy (non-hydrogen) atoms. The molecular weight excluding hydrogens is 366 g/mol. The third kappa shape index (κ3) is 6.70. The average Bonchev–Trinajstić information content (AvgIpc) is 2.78. The van der Waals surface area contributed by atoms with Crippen molar-refractivity contribution in [3.63, 3.8) is 0 Å². The molecule has 0 aromatic heterocycles. The Hall–Kier alpha value is -3.80. The third-order valence-corrected chi connectivity index (χ3v) is 4.07. The lowest BCUT2D eigenvalue weighted by atomic mass is 10.2. The van der Waals surface area contributed by atoms with Crippen molar-refractivity contribution in [2.45, 2.75) is 6.61 Å². The fraction of sp³-hybridized carbons (Fsp3) is 0.130. The van der Waals surface area contributed by atoms with E-state index in [-0.39, 0.29) is 12.5 Å². The highest BCUT2D eigenvalue weighted by Crippen LogP contribution is 2.15. The summed E-state index contributed by atoms with van der Waals surface area (Å²) >= 11 is 0. The van der Waals surface area contributed by atoms with Gasteiger partial charge < -0.3 is 14.8 Å². The van der Waals surface area contributed by atoms with Gasteiger partial charge in [-0.05, 0) is 59.7 Å². The van der Waals surface area contributed by atoms with E-state index in [9.17, 15) is 4.79 Å². The summed E-state index contributed by atoms with van der Waals surface area (Å²) in [5, 5.41) is 7.00. The highest BCUT2D eigenvalue weighted by Gasteiger charge is 2.00. The first kappa shape index (κ1) is 19.9. The van der Waals surface area contributed by atoms with Crippen LogP contribution in [0.25, 0.3) is 0 Å². The van der Waals surface area contributed by atoms with Gasteiger partial charge in [-0.2, -0.15) is 5.10 Å². The Bertz CT molecular complexity index is 924. The molecule has 3 aromatic rings. The average molecular weight is 389 g/mol. The van der Waals surface area contributed by atoms with Crippen LogP contribution in [0.5, 0.6) is 11.5 Å². The summed E-state index contributed by atoms with van der Waals surface area (Å²) in [6, 6.07) is 24.8. The minimum Gasteiger partial charge on any atom is -0.497 e. The number of hydrogen-bond acceptors (Lipinski definition) is 5. The van der Waals surface area contributed by atoms with Crippen molar-refractivity contribution >= 4 is 17.8 Å². The van der Waals surface area contributed by atoms with E-state index in [0.29, 0.717) is 6.61 Å². The number of hydrogen-bond donors (Lipinski definition) is 2. The first-order valence-electron chi connectivity index (χ1n) is 9.19. The second-order valence-electron chi connectivity index (χ2n) is 6.22. The van der Waals surface area contributed by atoms with Crippen LogP contribution in [-0.2, 0) is 11.4 Å². The number of nitrogens with zero attached hydrogens (tertiary/aromatic N) is 1. The molecule has 6 heteroatoms. The number of anilines is 1. The van der Waals surface area contributed by atoms with Crippen LogP contribution < -0.4 is 20.2 Å². The van der Waals surface area contributed by atoms with Crippen molar-refractivity contribution < 1.29 is 14.3 Å². The summed E-state index contributed by atoms with van der Waals surface area (Å²) in [4.78, 5) is 11.9. The van der Waals surface area contributed by atoms with Crippen molar-refractivity contribution in [3.05, 3.63) is 90.0 Å². The zero-order valence-corrected chi connectivity index (χ0v) is 16.2. The molecule has 148 valence electrons. The van der Waals surface area contributed by atoms with E-state index < -0.39 is 0 Å². The minimum absolute atomic E-state index is 0.121. The number of methoxy groups -OCH3 is 1. The fourth-order valence-corrected chi connectivity index (χ4v) is 2.50. The van der Waals surface area contributed by atoms with Crippen LogP contribution in [-0.4, -0.2) is 25.8 Å². The van der Waals surface area contributed by atoms with Gasteiger partial charge in [0.25, 0.3) is 5.91 Å². The number of rotatable bonds is 9. The van der Waals surface area contributed by atoms with E-state index in [2.05, 4.69) is 15.8 Å². The number of ether oxygens (including phenoxy) is 2. The Balaban J connectivity index is 1.40. The lowest BCUT2D eigenvalue weighted by Crippen LogP contribution is -2.25. The number of carbonyl (C=O) groups excluding carboxylic acids is 1. The predicted molar refractivity (Wildman–Crippen MR) is 114 cm³/mol. The number of hydrazone groups is 1. The SMILES string of the molecule is COc1ccc(NCC(=O)NN=Cc2ccc(OCc3ccccc3)cc2)cc1. The molecule has 0 fully saturated rings. The van der Waals surface area contributed by atoms with Crippen LogP contribution in [0.15, 0.2) is 84.0 Å². The van der Waals surface area contributed by atoms with Gasteiger partial charge in [-0.3, -0.25) is 4.79 Å². The number of nitrogens with one attached hydrogen (secondary N) is 2. The zero-order valence-electron chi connectivity index (χ0n) is 16.2. The van der Waals surface area contributed by atoms with Gasteiger partial charge >= 0.3 is 0 Å². The lowest BCUT2D eigenvalue weighted by Gasteiger charge is -2.07. The Morgan fingerprint density at radius 2 is 1.62 bits per heavy atom. The Kier molecular flexibility index (Phi) is 7.23. The van der Waals surface area contributed by atoms with Gasteiger partial charge in [-0.1, -0.05) is 30.3 Å². The molecule has 0 radical (unpaired) electrons. The third-order valence-electron chi connectivity index (χ3n) is 4.07. The molecule has 0 aliphatic rings. The van der Waals surface area contributed by atoms with Crippen LogP contribution in [0.2, 0.25) is 0 Å². The van der Waals surface area contributed by atoms with Crippen LogP contribution in [0.1, 0.15) is 11.1 Å². The van der Waals surface area contributed by atoms with Gasteiger partial charge in [0.2, 0.25) is 0 Å². The van der Waals surface area contributed by atoms with Gasteiger partial charge in [0.1, 0.15) is 18.1 Å². The lowest BCUT2D eigenvalue weighted by molar-refractivity contribution is -0.119. The van der Waals surface area contributed by atoms with Crippen LogP contribution >= 0.6 is 0 Å². The molecule has 0 aliphatic heterocycles. The van der Waals surface area contributed by atoms with Gasteiger partial charge in [0, 0.05) is 5.69 Å². The Labute approximate surface area is 170 Å². The molecule has 3 aromatic carbocycles. The molecule has 0 bridgehead atoms. The van der Waals surface area contributed by atoms with Crippen LogP contribution in [0.4, 0.5) is 5.69 Å². The summed E-state index contributed by atoms with van der Waals surface area (Å²) in [6.07, 6.45) is 1.59. The largest absolute Gasteiger partial charge is 0.497 e. The molecule has 0 unspecified atom stereocenters. The normalized spacial score (nSPS) is 10.5. The predicted octanol–water partition coefficient (Wildman–Crippen LogP) is 3.84. The first-order valence-corrected chi connectivity index (χ1v) is 9.19. The van der Waals surface area contributed by atoms with E-state index in [1.54, 1.807) is 13.3 Å². The Morgan fingerprint density at radius 3 is 2.31 bits per heavy atom. The first-order chi connectivity index (χ1) is 14.2. The minimum atomic E-state index is -0.236. The van der Waals surface area contributed by atoms with E-state index >= 15 is 0 Å². The van der Waals surface area contributed by atoms with E-state index in [4.69, 9.17) is 9.47 Å².